The first-order valence-corrected chi connectivity index (χ1v) is 16.8. The number of para-hydroxylation sites is 4. The summed E-state index contributed by atoms with van der Waals surface area (Å²) in [5.74, 6) is 0. The second kappa shape index (κ2) is 9.27. The molecule has 3 heteroatoms. The molecule has 0 amide bonds. The molecule has 2 aliphatic heterocycles. The van der Waals surface area contributed by atoms with Gasteiger partial charge in [-0.2, -0.15) is 0 Å². The van der Waals surface area contributed by atoms with Crippen LogP contribution in [-0.2, 0) is 5.41 Å². The Bertz CT molecular complexity index is 2560. The molecule has 0 saturated carbocycles. The van der Waals surface area contributed by atoms with Gasteiger partial charge in [0.2, 0.25) is 0 Å². The highest BCUT2D eigenvalue weighted by Gasteiger charge is 2.55. The molecule has 11 rings (SSSR count). The molecule has 7 aromatic carbocycles. The van der Waals surface area contributed by atoms with Gasteiger partial charge >= 0.3 is 0 Å². The van der Waals surface area contributed by atoms with Gasteiger partial charge in [0.15, 0.2) is 0 Å². The average molecular weight is 614 g/mol. The summed E-state index contributed by atoms with van der Waals surface area (Å²) in [6.07, 6.45) is 0.0564. The zero-order chi connectivity index (χ0) is 31.6. The van der Waals surface area contributed by atoms with Gasteiger partial charge in [0.1, 0.15) is 6.17 Å². The van der Waals surface area contributed by atoms with Crippen LogP contribution in [0.25, 0.3) is 38.6 Å². The molecular weight excluding hydrogens is 583 g/mol. The van der Waals surface area contributed by atoms with Gasteiger partial charge in [-0.3, -0.25) is 0 Å². The van der Waals surface area contributed by atoms with E-state index in [1.165, 1.54) is 83.5 Å². The fourth-order valence-electron chi connectivity index (χ4n) is 9.45. The molecular formula is C45H31N3. The molecule has 0 radical (unpaired) electrons. The smallest absolute Gasteiger partial charge is 0.132 e. The standard InChI is InChI=1S/C45H31N3/c1-46-41-28-14-23-36-43(41)48(44(46)29-15-3-2-4-16-29)39-26-12-9-21-34(39)45(36)33-20-8-5-19-32(33)42-35(45)22-13-27-40(42)47-37-24-10-6-17-30(37)31-18-7-11-25-38(31)47/h2-28,44H,1H3. The van der Waals surface area contributed by atoms with Gasteiger partial charge in [-0.25, -0.2) is 0 Å². The third kappa shape index (κ3) is 3.01. The van der Waals surface area contributed by atoms with Crippen LogP contribution in [0.1, 0.15) is 34.0 Å². The number of aromatic nitrogens is 1. The zero-order valence-corrected chi connectivity index (χ0v) is 26.5. The number of fused-ring (bicyclic) bond motifs is 12. The minimum atomic E-state index is -0.481. The van der Waals surface area contributed by atoms with Gasteiger partial charge in [-0.1, -0.05) is 133 Å². The van der Waals surface area contributed by atoms with E-state index in [4.69, 9.17) is 0 Å². The highest BCUT2D eigenvalue weighted by molar-refractivity contribution is 6.10. The molecule has 1 aromatic heterocycles. The van der Waals surface area contributed by atoms with Crippen molar-refractivity contribution in [2.45, 2.75) is 11.6 Å². The van der Waals surface area contributed by atoms with Gasteiger partial charge in [0.25, 0.3) is 0 Å². The van der Waals surface area contributed by atoms with Crippen molar-refractivity contribution in [2.24, 2.45) is 0 Å². The Balaban J connectivity index is 1.28. The Labute approximate surface area is 279 Å². The van der Waals surface area contributed by atoms with E-state index in [1.807, 2.05) is 0 Å². The molecule has 3 nitrogen and oxygen atoms in total. The second-order valence-electron chi connectivity index (χ2n) is 13.3. The van der Waals surface area contributed by atoms with E-state index in [1.54, 1.807) is 0 Å². The number of anilines is 3. The molecule has 2 unspecified atom stereocenters. The van der Waals surface area contributed by atoms with Gasteiger partial charge in [-0.15, -0.1) is 0 Å². The number of nitrogens with zero attached hydrogens (tertiary/aromatic N) is 3. The van der Waals surface area contributed by atoms with Gasteiger partial charge in [0.05, 0.1) is 33.5 Å². The first-order chi connectivity index (χ1) is 23.8. The van der Waals surface area contributed by atoms with Crippen LogP contribution in [0, 0.1) is 0 Å². The molecule has 8 aromatic rings. The Morgan fingerprint density at radius 3 is 1.79 bits per heavy atom. The molecule has 2 atom stereocenters. The number of benzene rings is 7. The normalized spacial score (nSPS) is 18.3. The quantitative estimate of drug-likeness (QED) is 0.192. The Morgan fingerprint density at radius 2 is 1.02 bits per heavy atom. The van der Waals surface area contributed by atoms with Crippen molar-refractivity contribution < 1.29 is 0 Å². The molecule has 1 aliphatic carbocycles. The summed E-state index contributed by atoms with van der Waals surface area (Å²) in [4.78, 5) is 5.05. The van der Waals surface area contributed by atoms with Crippen molar-refractivity contribution in [3.05, 3.63) is 192 Å². The molecule has 3 heterocycles. The van der Waals surface area contributed by atoms with E-state index in [0.717, 1.165) is 0 Å². The van der Waals surface area contributed by atoms with E-state index in [9.17, 15) is 0 Å². The molecule has 0 N–H and O–H groups in total. The van der Waals surface area contributed by atoms with Crippen molar-refractivity contribution in [1.29, 1.82) is 0 Å². The molecule has 0 fully saturated rings. The molecule has 1 spiro atoms. The summed E-state index contributed by atoms with van der Waals surface area (Å²) in [6, 6.07) is 60.9. The lowest BCUT2D eigenvalue weighted by Gasteiger charge is -2.44. The topological polar surface area (TPSA) is 11.4 Å². The molecule has 0 saturated heterocycles. The third-order valence-electron chi connectivity index (χ3n) is 11.2. The van der Waals surface area contributed by atoms with Crippen LogP contribution in [-0.4, -0.2) is 11.6 Å². The maximum atomic E-state index is 2.60. The van der Waals surface area contributed by atoms with E-state index >= 15 is 0 Å². The summed E-state index contributed by atoms with van der Waals surface area (Å²) < 4.78 is 2.50. The van der Waals surface area contributed by atoms with Crippen molar-refractivity contribution in [3.63, 3.8) is 0 Å². The average Bonchev–Trinajstić information content (AvgIpc) is 3.76. The number of hydrogen-bond donors (Lipinski definition) is 0. The van der Waals surface area contributed by atoms with Crippen LogP contribution >= 0.6 is 0 Å². The van der Waals surface area contributed by atoms with E-state index in [0.29, 0.717) is 0 Å². The number of rotatable bonds is 2. The lowest BCUT2D eigenvalue weighted by molar-refractivity contribution is 0.682. The number of hydrogen-bond acceptors (Lipinski definition) is 2. The highest BCUT2D eigenvalue weighted by Crippen LogP contribution is 2.67. The molecule has 3 aliphatic rings. The lowest BCUT2D eigenvalue weighted by atomic mass is 9.64. The molecule has 48 heavy (non-hydrogen) atoms. The van der Waals surface area contributed by atoms with Gasteiger partial charge < -0.3 is 14.4 Å². The van der Waals surface area contributed by atoms with Crippen LogP contribution in [0.3, 0.4) is 0 Å². The largest absolute Gasteiger partial charge is 0.348 e. The summed E-state index contributed by atoms with van der Waals surface area (Å²) in [6.45, 7) is 0. The van der Waals surface area contributed by atoms with Crippen molar-refractivity contribution in [2.75, 3.05) is 16.8 Å². The Hall–Kier alpha value is -6.06. The third-order valence-corrected chi connectivity index (χ3v) is 11.2. The minimum absolute atomic E-state index is 0.0564. The summed E-state index contributed by atoms with van der Waals surface area (Å²) in [5, 5.41) is 2.56. The zero-order valence-electron chi connectivity index (χ0n) is 26.5. The van der Waals surface area contributed by atoms with Crippen LogP contribution < -0.4 is 9.80 Å². The summed E-state index contributed by atoms with van der Waals surface area (Å²) in [5.41, 5.74) is 16.3. The fraction of sp³-hybridized carbons (Fsp3) is 0.0667. The SMILES string of the molecule is CN1c2cccc3c2N(c2ccccc2C32c3ccccc3-c3c(-n4c5ccccc5c5ccccc54)cccc32)C1c1ccccc1. The monoisotopic (exact) mass is 613 g/mol. The summed E-state index contributed by atoms with van der Waals surface area (Å²) >= 11 is 0. The van der Waals surface area contributed by atoms with Gasteiger partial charge in [0, 0.05) is 29.1 Å². The first kappa shape index (κ1) is 26.1. The molecule has 226 valence electrons. The minimum Gasteiger partial charge on any atom is -0.348 e. The maximum absolute atomic E-state index is 2.60. The van der Waals surface area contributed by atoms with E-state index in [-0.39, 0.29) is 6.17 Å². The van der Waals surface area contributed by atoms with Crippen molar-refractivity contribution >= 4 is 38.9 Å². The van der Waals surface area contributed by atoms with E-state index < -0.39 is 5.41 Å². The van der Waals surface area contributed by atoms with Crippen LogP contribution in [0.4, 0.5) is 17.1 Å². The van der Waals surface area contributed by atoms with Crippen LogP contribution in [0.5, 0.6) is 0 Å². The first-order valence-electron chi connectivity index (χ1n) is 16.8. The lowest BCUT2D eigenvalue weighted by Crippen LogP contribution is -2.38. The van der Waals surface area contributed by atoms with E-state index in [2.05, 4.69) is 185 Å². The Kier molecular flexibility index (Phi) is 5.03. The maximum Gasteiger partial charge on any atom is 0.132 e. The van der Waals surface area contributed by atoms with Crippen molar-refractivity contribution in [3.8, 4) is 16.8 Å². The predicted octanol–water partition coefficient (Wildman–Crippen LogP) is 10.7. The van der Waals surface area contributed by atoms with Gasteiger partial charge in [-0.05, 0) is 63.7 Å². The van der Waals surface area contributed by atoms with Crippen LogP contribution in [0.15, 0.2) is 164 Å². The molecule has 0 bridgehead atoms. The summed E-state index contributed by atoms with van der Waals surface area (Å²) in [7, 11) is 2.25. The Morgan fingerprint density at radius 1 is 0.458 bits per heavy atom. The predicted molar refractivity (Wildman–Crippen MR) is 198 cm³/mol. The highest BCUT2D eigenvalue weighted by atomic mass is 15.4. The second-order valence-corrected chi connectivity index (χ2v) is 13.3. The van der Waals surface area contributed by atoms with Crippen molar-refractivity contribution in [1.82, 2.24) is 4.57 Å². The fourth-order valence-corrected chi connectivity index (χ4v) is 9.45. The van der Waals surface area contributed by atoms with Crippen LogP contribution in [0.2, 0.25) is 0 Å².